The molecule has 0 spiro atoms. The monoisotopic (exact) mass is 204 g/mol. The molecule has 0 saturated heterocycles. The standard InChI is InChI=1S/C9H16O3S/c1-5-6-7(10)12-8(11)9(2,3)13-4/h5-6H2,1-4H3. The Morgan fingerprint density at radius 2 is 1.92 bits per heavy atom. The molecule has 0 aliphatic rings. The van der Waals surface area contributed by atoms with Gasteiger partial charge in [0.2, 0.25) is 0 Å². The van der Waals surface area contributed by atoms with Gasteiger partial charge in [0.15, 0.2) is 0 Å². The largest absolute Gasteiger partial charge is 0.392 e. The third kappa shape index (κ3) is 4.31. The minimum absolute atomic E-state index is 0.302. The van der Waals surface area contributed by atoms with Gasteiger partial charge in [-0.05, 0) is 26.5 Å². The number of carbonyl (C=O) groups excluding carboxylic acids is 2. The van der Waals surface area contributed by atoms with Gasteiger partial charge in [-0.3, -0.25) is 9.59 Å². The third-order valence-electron chi connectivity index (χ3n) is 1.66. The molecule has 0 N–H and O–H groups in total. The number of carbonyl (C=O) groups is 2. The van der Waals surface area contributed by atoms with Crippen LogP contribution >= 0.6 is 11.8 Å². The first-order chi connectivity index (χ1) is 5.94. The number of rotatable bonds is 4. The smallest absolute Gasteiger partial charge is 0.329 e. The van der Waals surface area contributed by atoms with Gasteiger partial charge in [0.05, 0.1) is 0 Å². The summed E-state index contributed by atoms with van der Waals surface area (Å²) in [4.78, 5) is 22.3. The minimum atomic E-state index is -0.636. The maximum absolute atomic E-state index is 11.3. The lowest BCUT2D eigenvalue weighted by Crippen LogP contribution is -2.31. The van der Waals surface area contributed by atoms with Gasteiger partial charge in [0.25, 0.3) is 0 Å². The van der Waals surface area contributed by atoms with Crippen molar-refractivity contribution in [3.8, 4) is 0 Å². The van der Waals surface area contributed by atoms with Crippen molar-refractivity contribution in [3.63, 3.8) is 0 Å². The van der Waals surface area contributed by atoms with Crippen LogP contribution in [0.3, 0.4) is 0 Å². The van der Waals surface area contributed by atoms with E-state index >= 15 is 0 Å². The molecule has 3 nitrogen and oxygen atoms in total. The Hall–Kier alpha value is -0.510. The number of hydrogen-bond donors (Lipinski definition) is 0. The van der Waals surface area contributed by atoms with Gasteiger partial charge < -0.3 is 4.74 Å². The molecule has 0 aliphatic carbocycles. The first-order valence-corrected chi connectivity index (χ1v) is 5.46. The summed E-state index contributed by atoms with van der Waals surface area (Å²) in [6.45, 7) is 5.34. The Morgan fingerprint density at radius 3 is 2.31 bits per heavy atom. The zero-order valence-corrected chi connectivity index (χ0v) is 9.36. The van der Waals surface area contributed by atoms with Crippen molar-refractivity contribution in [2.75, 3.05) is 6.26 Å². The van der Waals surface area contributed by atoms with Gasteiger partial charge in [-0.25, -0.2) is 0 Å². The lowest BCUT2D eigenvalue weighted by Gasteiger charge is -2.18. The maximum atomic E-state index is 11.3. The van der Waals surface area contributed by atoms with Crippen LogP contribution in [0.1, 0.15) is 33.6 Å². The summed E-state index contributed by atoms with van der Waals surface area (Å²) in [6, 6.07) is 0. The van der Waals surface area contributed by atoms with Crippen LogP contribution in [0.4, 0.5) is 0 Å². The molecule has 4 heteroatoms. The van der Waals surface area contributed by atoms with E-state index in [1.165, 1.54) is 11.8 Å². The van der Waals surface area contributed by atoms with E-state index in [4.69, 9.17) is 0 Å². The highest BCUT2D eigenvalue weighted by molar-refractivity contribution is 8.00. The molecule has 76 valence electrons. The van der Waals surface area contributed by atoms with Gasteiger partial charge in [0, 0.05) is 6.42 Å². The van der Waals surface area contributed by atoms with E-state index in [9.17, 15) is 9.59 Å². The fourth-order valence-corrected chi connectivity index (χ4v) is 0.773. The van der Waals surface area contributed by atoms with E-state index in [1.807, 2.05) is 13.2 Å². The molecule has 0 rings (SSSR count). The number of ether oxygens (including phenoxy) is 1. The average molecular weight is 204 g/mol. The van der Waals surface area contributed by atoms with Gasteiger partial charge in [-0.15, -0.1) is 11.8 Å². The fraction of sp³-hybridized carbons (Fsp3) is 0.778. The minimum Gasteiger partial charge on any atom is -0.392 e. The van der Waals surface area contributed by atoms with E-state index in [1.54, 1.807) is 13.8 Å². The average Bonchev–Trinajstić information content (AvgIpc) is 2.04. The predicted octanol–water partition coefficient (Wildman–Crippen LogP) is 2.00. The molecule has 0 amide bonds. The van der Waals surface area contributed by atoms with Gasteiger partial charge in [0.1, 0.15) is 4.75 Å². The fourth-order valence-electron chi connectivity index (χ4n) is 0.565. The molecule has 0 aromatic carbocycles. The summed E-state index contributed by atoms with van der Waals surface area (Å²) in [5.74, 6) is -0.895. The van der Waals surface area contributed by atoms with Crippen LogP contribution in [0.25, 0.3) is 0 Å². The van der Waals surface area contributed by atoms with Crippen LogP contribution in [0.15, 0.2) is 0 Å². The highest BCUT2D eigenvalue weighted by atomic mass is 32.2. The van der Waals surface area contributed by atoms with E-state index in [0.717, 1.165) is 0 Å². The molecule has 0 unspecified atom stereocenters. The number of thioether (sulfide) groups is 1. The van der Waals surface area contributed by atoms with E-state index < -0.39 is 16.7 Å². The van der Waals surface area contributed by atoms with E-state index in [-0.39, 0.29) is 0 Å². The van der Waals surface area contributed by atoms with Crippen molar-refractivity contribution in [1.82, 2.24) is 0 Å². The summed E-state index contributed by atoms with van der Waals surface area (Å²) in [5.41, 5.74) is 0. The first-order valence-electron chi connectivity index (χ1n) is 4.24. The predicted molar refractivity (Wildman–Crippen MR) is 53.6 cm³/mol. The van der Waals surface area contributed by atoms with Crippen molar-refractivity contribution >= 4 is 23.7 Å². The molecule has 0 bridgehead atoms. The second-order valence-electron chi connectivity index (χ2n) is 3.23. The highest BCUT2D eigenvalue weighted by Gasteiger charge is 2.29. The summed E-state index contributed by atoms with van der Waals surface area (Å²) < 4.78 is 4.01. The van der Waals surface area contributed by atoms with Crippen LogP contribution in [0, 0.1) is 0 Å². The number of hydrogen-bond acceptors (Lipinski definition) is 4. The van der Waals surface area contributed by atoms with E-state index in [2.05, 4.69) is 4.74 Å². The number of esters is 2. The molecule has 0 saturated carbocycles. The molecule has 0 heterocycles. The SMILES string of the molecule is CCCC(=O)OC(=O)C(C)(C)SC. The second-order valence-corrected chi connectivity index (χ2v) is 4.65. The zero-order valence-electron chi connectivity index (χ0n) is 8.55. The maximum Gasteiger partial charge on any atom is 0.329 e. The molecule has 0 aromatic heterocycles. The van der Waals surface area contributed by atoms with Crippen LogP contribution < -0.4 is 0 Å². The Balaban J connectivity index is 4.07. The normalized spacial score (nSPS) is 11.1. The van der Waals surface area contributed by atoms with Crippen molar-refractivity contribution in [1.29, 1.82) is 0 Å². The van der Waals surface area contributed by atoms with Crippen molar-refractivity contribution in [2.45, 2.75) is 38.4 Å². The van der Waals surface area contributed by atoms with Gasteiger partial charge in [-0.1, -0.05) is 6.92 Å². The lowest BCUT2D eigenvalue weighted by atomic mass is 10.2. The zero-order chi connectivity index (χ0) is 10.5. The van der Waals surface area contributed by atoms with Crippen LogP contribution in [0.5, 0.6) is 0 Å². The Bertz CT molecular complexity index is 199. The second kappa shape index (κ2) is 5.27. The summed E-state index contributed by atoms with van der Waals surface area (Å²) in [7, 11) is 0. The third-order valence-corrected chi connectivity index (χ3v) is 2.85. The lowest BCUT2D eigenvalue weighted by molar-refractivity contribution is -0.160. The van der Waals surface area contributed by atoms with Crippen LogP contribution in [-0.2, 0) is 14.3 Å². The molecule has 0 radical (unpaired) electrons. The first kappa shape index (κ1) is 12.5. The Morgan fingerprint density at radius 1 is 1.38 bits per heavy atom. The molecular weight excluding hydrogens is 188 g/mol. The van der Waals surface area contributed by atoms with Crippen molar-refractivity contribution in [3.05, 3.63) is 0 Å². The summed E-state index contributed by atoms with van der Waals surface area (Å²) >= 11 is 1.37. The molecule has 0 atom stereocenters. The van der Waals surface area contributed by atoms with E-state index in [0.29, 0.717) is 12.8 Å². The van der Waals surface area contributed by atoms with Gasteiger partial charge >= 0.3 is 11.9 Å². The van der Waals surface area contributed by atoms with Crippen molar-refractivity contribution in [2.24, 2.45) is 0 Å². The Kier molecular flexibility index (Phi) is 5.06. The highest BCUT2D eigenvalue weighted by Crippen LogP contribution is 2.22. The van der Waals surface area contributed by atoms with Gasteiger partial charge in [-0.2, -0.15) is 0 Å². The van der Waals surface area contributed by atoms with Crippen LogP contribution in [0.2, 0.25) is 0 Å². The summed E-state index contributed by atoms with van der Waals surface area (Å²) in [5, 5.41) is 0. The summed E-state index contributed by atoms with van der Waals surface area (Å²) in [6.07, 6.45) is 2.81. The molecule has 0 aromatic rings. The topological polar surface area (TPSA) is 43.4 Å². The molecule has 0 aliphatic heterocycles. The van der Waals surface area contributed by atoms with Crippen molar-refractivity contribution < 1.29 is 14.3 Å². The Labute approximate surface area is 83.2 Å². The quantitative estimate of drug-likeness (QED) is 0.519. The molecule has 13 heavy (non-hydrogen) atoms. The molecular formula is C9H16O3S. The molecule has 0 fully saturated rings. The van der Waals surface area contributed by atoms with Crippen LogP contribution in [-0.4, -0.2) is 22.9 Å².